The summed E-state index contributed by atoms with van der Waals surface area (Å²) < 4.78 is 5.71. The second-order valence-corrected chi connectivity index (χ2v) is 11.3. The maximum absolute atomic E-state index is 13.3. The van der Waals surface area contributed by atoms with Gasteiger partial charge in [0.15, 0.2) is 23.9 Å². The molecule has 0 radical (unpaired) electrons. The smallest absolute Gasteiger partial charge is 0.262 e. The summed E-state index contributed by atoms with van der Waals surface area (Å²) in [4.78, 5) is 41.3. The minimum atomic E-state index is -0.517. The number of hydrogen-bond donors (Lipinski definition) is 1. The maximum atomic E-state index is 13.3. The standard InChI is InChI=1S/C30H29Cl3N2O4/c1-3-35-22-6-4-8-24(36)28(22)27(29-23(35)7-5-9-25(29)37)17-12-20(32)30(21(33)13-17)39-15-26(38)34-18-11-10-16(2)19(31)14-18/h10-14,27H,3-9,15H2,1-2H3,(H,34,38). The molecule has 0 spiro atoms. The summed E-state index contributed by atoms with van der Waals surface area (Å²) in [6, 6.07) is 8.63. The number of rotatable bonds is 6. The van der Waals surface area contributed by atoms with Gasteiger partial charge >= 0.3 is 0 Å². The molecule has 1 amide bonds. The first kappa shape index (κ1) is 27.8. The Morgan fingerprint density at radius 2 is 1.51 bits per heavy atom. The minimum absolute atomic E-state index is 0.0603. The highest BCUT2D eigenvalue weighted by Gasteiger charge is 2.43. The molecule has 0 atom stereocenters. The number of Topliss-reactive ketones (excluding diaryl/α,β-unsaturated/α-hetero) is 2. The lowest BCUT2D eigenvalue weighted by molar-refractivity contribution is -0.118. The lowest BCUT2D eigenvalue weighted by Gasteiger charge is -2.43. The van der Waals surface area contributed by atoms with Crippen molar-refractivity contribution >= 4 is 58.0 Å². The number of halogens is 3. The predicted molar refractivity (Wildman–Crippen MR) is 154 cm³/mol. The van der Waals surface area contributed by atoms with Crippen molar-refractivity contribution in [3.05, 3.63) is 79.1 Å². The Balaban J connectivity index is 1.45. The lowest BCUT2D eigenvalue weighted by atomic mass is 9.71. The predicted octanol–water partition coefficient (Wildman–Crippen LogP) is 7.41. The van der Waals surface area contributed by atoms with Gasteiger partial charge in [-0.15, -0.1) is 0 Å². The van der Waals surface area contributed by atoms with Crippen LogP contribution in [-0.4, -0.2) is 35.5 Å². The fourth-order valence-electron chi connectivity index (χ4n) is 5.82. The first-order valence-corrected chi connectivity index (χ1v) is 14.3. The molecule has 0 aromatic heterocycles. The zero-order chi connectivity index (χ0) is 27.8. The number of carbonyl (C=O) groups excluding carboxylic acids is 3. The molecule has 0 fully saturated rings. The van der Waals surface area contributed by atoms with Gasteiger partial charge in [0, 0.05) is 58.6 Å². The van der Waals surface area contributed by atoms with E-state index in [0.29, 0.717) is 46.8 Å². The molecule has 204 valence electrons. The Hall–Kier alpha value is -2.80. The van der Waals surface area contributed by atoms with Crippen LogP contribution in [0.4, 0.5) is 5.69 Å². The van der Waals surface area contributed by atoms with Crippen LogP contribution >= 0.6 is 34.8 Å². The Kier molecular flexibility index (Phi) is 8.08. The topological polar surface area (TPSA) is 75.7 Å². The van der Waals surface area contributed by atoms with Crippen molar-refractivity contribution < 1.29 is 19.1 Å². The summed E-state index contributed by atoms with van der Waals surface area (Å²) in [5.74, 6) is -0.631. The monoisotopic (exact) mass is 586 g/mol. The molecule has 9 heteroatoms. The van der Waals surface area contributed by atoms with E-state index in [9.17, 15) is 14.4 Å². The van der Waals surface area contributed by atoms with Crippen LogP contribution in [0.25, 0.3) is 0 Å². The van der Waals surface area contributed by atoms with Gasteiger partial charge < -0.3 is 15.0 Å². The van der Waals surface area contributed by atoms with Crippen LogP contribution in [0.5, 0.6) is 5.75 Å². The average molecular weight is 588 g/mol. The van der Waals surface area contributed by atoms with Crippen molar-refractivity contribution in [3.63, 3.8) is 0 Å². The summed E-state index contributed by atoms with van der Waals surface area (Å²) in [5, 5.41) is 3.70. The number of nitrogens with zero attached hydrogens (tertiary/aromatic N) is 1. The van der Waals surface area contributed by atoms with Crippen LogP contribution < -0.4 is 10.1 Å². The van der Waals surface area contributed by atoms with E-state index in [1.54, 1.807) is 24.3 Å². The van der Waals surface area contributed by atoms with Gasteiger partial charge in [-0.25, -0.2) is 0 Å². The molecule has 3 aliphatic rings. The third kappa shape index (κ3) is 5.34. The molecule has 1 N–H and O–H groups in total. The molecular weight excluding hydrogens is 559 g/mol. The largest absolute Gasteiger partial charge is 0.481 e. The molecule has 39 heavy (non-hydrogen) atoms. The van der Waals surface area contributed by atoms with Crippen LogP contribution in [0.3, 0.4) is 0 Å². The number of benzene rings is 2. The highest BCUT2D eigenvalue weighted by atomic mass is 35.5. The molecule has 0 unspecified atom stereocenters. The maximum Gasteiger partial charge on any atom is 0.262 e. The second-order valence-electron chi connectivity index (χ2n) is 10.1. The number of nitrogens with one attached hydrogen (secondary N) is 1. The molecule has 5 rings (SSSR count). The highest BCUT2D eigenvalue weighted by Crippen LogP contribution is 2.50. The van der Waals surface area contributed by atoms with E-state index < -0.39 is 11.8 Å². The Labute approximate surface area is 242 Å². The minimum Gasteiger partial charge on any atom is -0.481 e. The average Bonchev–Trinajstić information content (AvgIpc) is 2.89. The summed E-state index contributed by atoms with van der Waals surface area (Å²) in [6.45, 7) is 4.31. The van der Waals surface area contributed by atoms with E-state index in [-0.39, 0.29) is 34.0 Å². The van der Waals surface area contributed by atoms with Crippen LogP contribution in [0.2, 0.25) is 15.1 Å². The number of aryl methyl sites for hydroxylation is 1. The lowest BCUT2D eigenvalue weighted by Crippen LogP contribution is -2.39. The zero-order valence-electron chi connectivity index (χ0n) is 21.8. The number of ether oxygens (including phenoxy) is 1. The fourth-order valence-corrected chi connectivity index (χ4v) is 6.61. The summed E-state index contributed by atoms with van der Waals surface area (Å²) in [7, 11) is 0. The van der Waals surface area contributed by atoms with Crippen LogP contribution in [0.15, 0.2) is 52.9 Å². The Morgan fingerprint density at radius 3 is 2.05 bits per heavy atom. The van der Waals surface area contributed by atoms with Crippen molar-refractivity contribution in [3.8, 4) is 5.75 Å². The fraction of sp³-hybridized carbons (Fsp3) is 0.367. The van der Waals surface area contributed by atoms with E-state index in [2.05, 4.69) is 17.1 Å². The molecular formula is C30H29Cl3N2O4. The van der Waals surface area contributed by atoms with Gasteiger partial charge in [0.05, 0.1) is 10.0 Å². The zero-order valence-corrected chi connectivity index (χ0v) is 24.1. The number of ketones is 2. The number of allylic oxidation sites excluding steroid dienone is 4. The molecule has 0 bridgehead atoms. The van der Waals surface area contributed by atoms with Crippen molar-refractivity contribution in [1.82, 2.24) is 4.90 Å². The molecule has 2 aliphatic carbocycles. The van der Waals surface area contributed by atoms with Gasteiger partial charge in [-0.1, -0.05) is 40.9 Å². The van der Waals surface area contributed by atoms with Crippen molar-refractivity contribution in [2.24, 2.45) is 0 Å². The third-order valence-corrected chi connectivity index (χ3v) is 8.53. The van der Waals surface area contributed by atoms with Crippen molar-refractivity contribution in [2.45, 2.75) is 58.3 Å². The highest BCUT2D eigenvalue weighted by molar-refractivity contribution is 6.37. The van der Waals surface area contributed by atoms with Gasteiger partial charge in [-0.2, -0.15) is 0 Å². The first-order chi connectivity index (χ1) is 18.7. The van der Waals surface area contributed by atoms with Gasteiger partial charge in [0.1, 0.15) is 0 Å². The molecule has 2 aromatic carbocycles. The number of anilines is 1. The van der Waals surface area contributed by atoms with Gasteiger partial charge in [-0.05, 0) is 74.9 Å². The molecule has 0 saturated carbocycles. The van der Waals surface area contributed by atoms with Gasteiger partial charge in [0.25, 0.3) is 5.91 Å². The number of carbonyl (C=O) groups is 3. The van der Waals surface area contributed by atoms with Crippen LogP contribution in [0, 0.1) is 6.92 Å². The Morgan fingerprint density at radius 1 is 0.923 bits per heavy atom. The Bertz CT molecular complexity index is 1380. The number of hydrogen-bond acceptors (Lipinski definition) is 5. The van der Waals surface area contributed by atoms with Gasteiger partial charge in [-0.3, -0.25) is 14.4 Å². The molecule has 1 aliphatic heterocycles. The first-order valence-electron chi connectivity index (χ1n) is 13.2. The van der Waals surface area contributed by atoms with E-state index in [0.717, 1.165) is 42.6 Å². The summed E-state index contributed by atoms with van der Waals surface area (Å²) in [6.07, 6.45) is 4.08. The van der Waals surface area contributed by atoms with Crippen molar-refractivity contribution in [1.29, 1.82) is 0 Å². The summed E-state index contributed by atoms with van der Waals surface area (Å²) in [5.41, 5.74) is 5.49. The van der Waals surface area contributed by atoms with Crippen molar-refractivity contribution in [2.75, 3.05) is 18.5 Å². The molecule has 0 saturated heterocycles. The van der Waals surface area contributed by atoms with Gasteiger partial charge in [0.2, 0.25) is 0 Å². The second kappa shape index (κ2) is 11.4. The summed E-state index contributed by atoms with van der Waals surface area (Å²) >= 11 is 19.4. The van der Waals surface area contributed by atoms with E-state index in [1.807, 2.05) is 13.0 Å². The van der Waals surface area contributed by atoms with Crippen LogP contribution in [0.1, 0.15) is 62.5 Å². The molecule has 1 heterocycles. The molecule has 6 nitrogen and oxygen atoms in total. The van der Waals surface area contributed by atoms with E-state index >= 15 is 0 Å². The normalized spacial score (nSPS) is 17.8. The van der Waals surface area contributed by atoms with E-state index in [4.69, 9.17) is 39.5 Å². The third-order valence-electron chi connectivity index (χ3n) is 7.56. The molecule has 2 aromatic rings. The van der Waals surface area contributed by atoms with E-state index in [1.165, 1.54) is 0 Å². The van der Waals surface area contributed by atoms with Crippen LogP contribution in [-0.2, 0) is 14.4 Å². The number of amides is 1. The SMILES string of the molecule is CCN1C2=C(C(=O)CCC2)C(c2cc(Cl)c(OCC(=O)Nc3ccc(C)c(Cl)c3)c(Cl)c2)C2=C1CCCC2=O. The quantitative estimate of drug-likeness (QED) is 0.381.